The van der Waals surface area contributed by atoms with Crippen molar-refractivity contribution in [1.82, 2.24) is 4.90 Å². The lowest BCUT2D eigenvalue weighted by Crippen LogP contribution is -2.42. The molecule has 1 fully saturated rings. The maximum atomic E-state index is 12.9. The molecule has 1 unspecified atom stereocenters. The zero-order chi connectivity index (χ0) is 16.9. The molecule has 1 heterocycles. The third-order valence-electron chi connectivity index (χ3n) is 4.12. The number of carbonyl (C=O) groups is 1. The minimum Gasteiger partial charge on any atom is -0.497 e. The van der Waals surface area contributed by atoms with Gasteiger partial charge in [-0.1, -0.05) is 30.3 Å². The summed E-state index contributed by atoms with van der Waals surface area (Å²) in [6, 6.07) is 15.2. The van der Waals surface area contributed by atoms with E-state index in [1.54, 1.807) is 32.4 Å². The van der Waals surface area contributed by atoms with Crippen LogP contribution in [0.4, 0.5) is 0 Å². The van der Waals surface area contributed by atoms with Crippen molar-refractivity contribution in [2.45, 2.75) is 6.10 Å². The van der Waals surface area contributed by atoms with Crippen LogP contribution < -0.4 is 9.47 Å². The number of carbonyl (C=O) groups excluding carboxylic acids is 1. The first kappa shape index (κ1) is 16.3. The lowest BCUT2D eigenvalue weighted by molar-refractivity contribution is -0.0228. The molecule has 24 heavy (non-hydrogen) atoms. The van der Waals surface area contributed by atoms with Crippen molar-refractivity contribution in [3.63, 3.8) is 0 Å². The largest absolute Gasteiger partial charge is 0.497 e. The average molecular weight is 327 g/mol. The summed E-state index contributed by atoms with van der Waals surface area (Å²) in [5.41, 5.74) is 1.64. The van der Waals surface area contributed by atoms with Crippen LogP contribution in [0, 0.1) is 0 Å². The van der Waals surface area contributed by atoms with Crippen molar-refractivity contribution in [2.75, 3.05) is 33.9 Å². The van der Waals surface area contributed by atoms with E-state index in [1.165, 1.54) is 0 Å². The molecule has 1 saturated heterocycles. The molecule has 0 bridgehead atoms. The second-order valence-corrected chi connectivity index (χ2v) is 5.62. The number of morpholine rings is 1. The third-order valence-corrected chi connectivity index (χ3v) is 4.12. The van der Waals surface area contributed by atoms with E-state index in [9.17, 15) is 4.79 Å². The highest BCUT2D eigenvalue weighted by atomic mass is 16.5. The molecule has 0 saturated carbocycles. The Kier molecular flexibility index (Phi) is 5.01. The molecule has 2 aromatic carbocycles. The van der Waals surface area contributed by atoms with Gasteiger partial charge in [-0.2, -0.15) is 0 Å². The minimum absolute atomic E-state index is 0.0450. The Balaban J connectivity index is 1.79. The van der Waals surface area contributed by atoms with Crippen LogP contribution in [0.2, 0.25) is 0 Å². The Bertz CT molecular complexity index is 680. The van der Waals surface area contributed by atoms with Crippen LogP contribution in [-0.4, -0.2) is 44.7 Å². The smallest absolute Gasteiger partial charge is 0.254 e. The number of methoxy groups -OCH3 is 2. The van der Waals surface area contributed by atoms with E-state index in [1.807, 2.05) is 35.2 Å². The fourth-order valence-electron chi connectivity index (χ4n) is 2.82. The predicted molar refractivity (Wildman–Crippen MR) is 90.6 cm³/mol. The highest BCUT2D eigenvalue weighted by Crippen LogP contribution is 2.26. The number of benzene rings is 2. The van der Waals surface area contributed by atoms with Crippen LogP contribution in [0.15, 0.2) is 48.5 Å². The van der Waals surface area contributed by atoms with Crippen LogP contribution in [0.1, 0.15) is 22.0 Å². The summed E-state index contributed by atoms with van der Waals surface area (Å²) in [6.07, 6.45) is -0.101. The molecule has 0 aliphatic carbocycles. The summed E-state index contributed by atoms with van der Waals surface area (Å²) in [4.78, 5) is 14.7. The van der Waals surface area contributed by atoms with E-state index in [2.05, 4.69) is 0 Å². The summed E-state index contributed by atoms with van der Waals surface area (Å²) in [5.74, 6) is 1.16. The van der Waals surface area contributed by atoms with Crippen molar-refractivity contribution in [2.24, 2.45) is 0 Å². The number of rotatable bonds is 4. The van der Waals surface area contributed by atoms with Gasteiger partial charge in [0.2, 0.25) is 0 Å². The first-order chi connectivity index (χ1) is 11.7. The van der Waals surface area contributed by atoms with Gasteiger partial charge >= 0.3 is 0 Å². The van der Waals surface area contributed by atoms with E-state index >= 15 is 0 Å². The normalized spacial score (nSPS) is 17.4. The standard InChI is InChI=1S/C19H21NO4/c1-22-16-10-15(11-17(12-16)23-2)19(21)20-8-9-24-18(13-20)14-6-4-3-5-7-14/h3-7,10-12,18H,8-9,13H2,1-2H3. The fourth-order valence-corrected chi connectivity index (χ4v) is 2.82. The lowest BCUT2D eigenvalue weighted by Gasteiger charge is -2.33. The van der Waals surface area contributed by atoms with Crippen LogP contribution in [-0.2, 0) is 4.74 Å². The van der Waals surface area contributed by atoms with Gasteiger partial charge in [-0.3, -0.25) is 4.79 Å². The monoisotopic (exact) mass is 327 g/mol. The van der Waals surface area contributed by atoms with Gasteiger partial charge in [0, 0.05) is 18.2 Å². The van der Waals surface area contributed by atoms with Gasteiger partial charge in [0.05, 0.1) is 27.4 Å². The number of amides is 1. The molecule has 0 spiro atoms. The molecule has 0 N–H and O–H groups in total. The Morgan fingerprint density at radius 1 is 1.08 bits per heavy atom. The molecular weight excluding hydrogens is 306 g/mol. The molecule has 5 nitrogen and oxygen atoms in total. The zero-order valence-corrected chi connectivity index (χ0v) is 13.9. The quantitative estimate of drug-likeness (QED) is 0.866. The molecule has 1 amide bonds. The first-order valence-corrected chi connectivity index (χ1v) is 7.90. The van der Waals surface area contributed by atoms with Gasteiger partial charge in [0.15, 0.2) is 0 Å². The summed E-state index contributed by atoms with van der Waals surface area (Å²) in [5, 5.41) is 0. The molecule has 126 valence electrons. The highest BCUT2D eigenvalue weighted by Gasteiger charge is 2.26. The van der Waals surface area contributed by atoms with Gasteiger partial charge in [-0.15, -0.1) is 0 Å². The van der Waals surface area contributed by atoms with E-state index < -0.39 is 0 Å². The third kappa shape index (κ3) is 3.51. The van der Waals surface area contributed by atoms with Crippen molar-refractivity contribution >= 4 is 5.91 Å². The van der Waals surface area contributed by atoms with Gasteiger partial charge in [0.1, 0.15) is 17.6 Å². The van der Waals surface area contributed by atoms with Crippen LogP contribution in [0.3, 0.4) is 0 Å². The highest BCUT2D eigenvalue weighted by molar-refractivity contribution is 5.95. The summed E-state index contributed by atoms with van der Waals surface area (Å²) in [6.45, 7) is 1.62. The second-order valence-electron chi connectivity index (χ2n) is 5.62. The molecular formula is C19H21NO4. The second kappa shape index (κ2) is 7.36. The van der Waals surface area contributed by atoms with Gasteiger partial charge in [-0.05, 0) is 17.7 Å². The Labute approximate surface area is 141 Å². The lowest BCUT2D eigenvalue weighted by atomic mass is 10.1. The molecule has 1 atom stereocenters. The molecule has 2 aromatic rings. The van der Waals surface area contributed by atoms with E-state index in [0.717, 1.165) is 5.56 Å². The van der Waals surface area contributed by atoms with Gasteiger partial charge in [0.25, 0.3) is 5.91 Å². The topological polar surface area (TPSA) is 48.0 Å². The molecule has 1 aliphatic rings. The first-order valence-electron chi connectivity index (χ1n) is 7.90. The molecule has 0 radical (unpaired) electrons. The van der Waals surface area contributed by atoms with Crippen molar-refractivity contribution in [1.29, 1.82) is 0 Å². The summed E-state index contributed by atoms with van der Waals surface area (Å²) >= 11 is 0. The minimum atomic E-state index is -0.101. The van der Waals surface area contributed by atoms with Gasteiger partial charge in [-0.25, -0.2) is 0 Å². The van der Waals surface area contributed by atoms with Crippen LogP contribution in [0.25, 0.3) is 0 Å². The number of hydrogen-bond acceptors (Lipinski definition) is 4. The molecule has 5 heteroatoms. The maximum Gasteiger partial charge on any atom is 0.254 e. The number of ether oxygens (including phenoxy) is 3. The van der Waals surface area contributed by atoms with Crippen molar-refractivity contribution in [3.8, 4) is 11.5 Å². The predicted octanol–water partition coefficient (Wildman–Crippen LogP) is 2.92. The fraction of sp³-hybridized carbons (Fsp3) is 0.316. The van der Waals surface area contributed by atoms with E-state index in [4.69, 9.17) is 14.2 Å². The molecule has 3 rings (SSSR count). The van der Waals surface area contributed by atoms with Crippen LogP contribution >= 0.6 is 0 Å². The average Bonchev–Trinajstić information content (AvgIpc) is 2.67. The number of hydrogen-bond donors (Lipinski definition) is 0. The summed E-state index contributed by atoms with van der Waals surface area (Å²) in [7, 11) is 3.15. The SMILES string of the molecule is COc1cc(OC)cc(C(=O)N2CCOC(c3ccccc3)C2)c1. The van der Waals surface area contributed by atoms with Crippen molar-refractivity contribution in [3.05, 3.63) is 59.7 Å². The Morgan fingerprint density at radius 3 is 2.38 bits per heavy atom. The van der Waals surface area contributed by atoms with E-state index in [-0.39, 0.29) is 12.0 Å². The maximum absolute atomic E-state index is 12.9. The molecule has 1 aliphatic heterocycles. The van der Waals surface area contributed by atoms with Gasteiger partial charge < -0.3 is 19.1 Å². The number of nitrogens with zero attached hydrogens (tertiary/aromatic N) is 1. The van der Waals surface area contributed by atoms with E-state index in [0.29, 0.717) is 36.8 Å². The Morgan fingerprint density at radius 2 is 1.75 bits per heavy atom. The Hall–Kier alpha value is -2.53. The van der Waals surface area contributed by atoms with Crippen molar-refractivity contribution < 1.29 is 19.0 Å². The summed E-state index contributed by atoms with van der Waals surface area (Å²) < 4.78 is 16.3. The van der Waals surface area contributed by atoms with Crippen LogP contribution in [0.5, 0.6) is 11.5 Å². The molecule has 0 aromatic heterocycles. The zero-order valence-electron chi connectivity index (χ0n) is 13.9.